The SMILES string of the molecule is C[C@@H](/C=C/CC(=O)N1CCC[C@H]1CO)[C@]1(O)C(=O)N(Cc2cccc(N3C(=O)CCc4ccccc43)c2)c2ccc(N3C(=O)CCc4ccccc43)cc21. The van der Waals surface area contributed by atoms with Gasteiger partial charge in [0.1, 0.15) is 0 Å². The van der Waals surface area contributed by atoms with Gasteiger partial charge in [-0.2, -0.15) is 0 Å². The Balaban J connectivity index is 1.14. The van der Waals surface area contributed by atoms with Gasteiger partial charge in [0.2, 0.25) is 17.7 Å². The lowest BCUT2D eigenvalue weighted by Gasteiger charge is -2.31. The number of hydrogen-bond donors (Lipinski definition) is 2. The first-order valence-corrected chi connectivity index (χ1v) is 18.9. The van der Waals surface area contributed by atoms with Crippen LogP contribution in [-0.2, 0) is 44.2 Å². The zero-order valence-electron chi connectivity index (χ0n) is 30.4. The Bertz CT molecular complexity index is 2180. The molecular weight excluding hydrogens is 681 g/mol. The van der Waals surface area contributed by atoms with Crippen molar-refractivity contribution >= 4 is 52.1 Å². The summed E-state index contributed by atoms with van der Waals surface area (Å²) in [6.07, 6.45) is 7.14. The normalized spacial score (nSPS) is 21.5. The number of carbonyl (C=O) groups is 4. The molecule has 4 heterocycles. The molecule has 1 saturated heterocycles. The highest BCUT2D eigenvalue weighted by Crippen LogP contribution is 2.48. The Hall–Kier alpha value is -5.58. The number of amides is 4. The van der Waals surface area contributed by atoms with E-state index in [-0.39, 0.29) is 43.3 Å². The van der Waals surface area contributed by atoms with Crippen molar-refractivity contribution in [1.29, 1.82) is 0 Å². The zero-order chi connectivity index (χ0) is 37.6. The minimum Gasteiger partial charge on any atom is -0.394 e. The van der Waals surface area contributed by atoms with Crippen LogP contribution in [0.1, 0.15) is 61.3 Å². The first-order valence-electron chi connectivity index (χ1n) is 18.9. The summed E-state index contributed by atoms with van der Waals surface area (Å²) in [7, 11) is 0. The summed E-state index contributed by atoms with van der Waals surface area (Å²) in [6, 6.07) is 28.4. The van der Waals surface area contributed by atoms with Crippen molar-refractivity contribution in [3.05, 3.63) is 125 Å². The van der Waals surface area contributed by atoms with Crippen LogP contribution in [0.25, 0.3) is 0 Å². The van der Waals surface area contributed by atoms with E-state index < -0.39 is 17.4 Å². The van der Waals surface area contributed by atoms with Crippen molar-refractivity contribution in [2.45, 2.75) is 70.1 Å². The van der Waals surface area contributed by atoms with Gasteiger partial charge in [0.05, 0.1) is 36.3 Å². The molecule has 0 radical (unpaired) electrons. The van der Waals surface area contributed by atoms with Gasteiger partial charge in [-0.25, -0.2) is 0 Å². The highest BCUT2D eigenvalue weighted by atomic mass is 16.3. The molecule has 54 heavy (non-hydrogen) atoms. The molecule has 1 fully saturated rings. The van der Waals surface area contributed by atoms with E-state index in [1.807, 2.05) is 78.9 Å². The van der Waals surface area contributed by atoms with Crippen LogP contribution >= 0.6 is 0 Å². The lowest BCUT2D eigenvalue weighted by molar-refractivity contribution is -0.139. The summed E-state index contributed by atoms with van der Waals surface area (Å²) in [5.74, 6) is -1.45. The van der Waals surface area contributed by atoms with Crippen molar-refractivity contribution in [1.82, 2.24) is 4.90 Å². The number of hydrogen-bond acceptors (Lipinski definition) is 6. The number of likely N-dealkylation sites (tertiary alicyclic amines) is 1. The van der Waals surface area contributed by atoms with Gasteiger partial charge in [-0.15, -0.1) is 0 Å². The molecule has 0 unspecified atom stereocenters. The molecule has 4 aliphatic rings. The van der Waals surface area contributed by atoms with Crippen LogP contribution in [0.5, 0.6) is 0 Å². The van der Waals surface area contributed by atoms with Gasteiger partial charge < -0.3 is 20.0 Å². The number of rotatable bonds is 9. The molecule has 8 rings (SSSR count). The topological polar surface area (TPSA) is 122 Å². The second-order valence-electron chi connectivity index (χ2n) is 14.7. The lowest BCUT2D eigenvalue weighted by atomic mass is 9.82. The maximum atomic E-state index is 14.7. The standard InChI is InChI=1S/C44H44N4O6/c1-29(9-6-17-40(50)45-24-8-14-35(45)28-49)44(54)36-26-34(48-38-16-5-3-12-32(38)19-23-42(48)52)20-21-39(36)46(43(44)53)27-30-10-7-13-33(25-30)47-37-15-4-2-11-31(37)18-22-41(47)51/h2-7,9-13,15-16,20-21,25-26,29,35,49,54H,8,14,17-19,22-24,27-28H2,1H3/b9-6+/t29-,35-,44+/m0/s1. The molecule has 4 aliphatic heterocycles. The van der Waals surface area contributed by atoms with Crippen LogP contribution in [0.3, 0.4) is 0 Å². The third-order valence-corrected chi connectivity index (χ3v) is 11.5. The highest BCUT2D eigenvalue weighted by Gasteiger charge is 2.53. The Labute approximate surface area is 314 Å². The van der Waals surface area contributed by atoms with Gasteiger partial charge in [-0.3, -0.25) is 29.0 Å². The van der Waals surface area contributed by atoms with Crippen LogP contribution in [0, 0.1) is 5.92 Å². The monoisotopic (exact) mass is 724 g/mol. The van der Waals surface area contributed by atoms with E-state index in [0.717, 1.165) is 40.9 Å². The molecule has 0 aromatic heterocycles. The van der Waals surface area contributed by atoms with Crippen molar-refractivity contribution in [2.24, 2.45) is 5.92 Å². The van der Waals surface area contributed by atoms with E-state index in [0.29, 0.717) is 54.9 Å². The third-order valence-electron chi connectivity index (χ3n) is 11.5. The van der Waals surface area contributed by atoms with Crippen LogP contribution < -0.4 is 14.7 Å². The van der Waals surface area contributed by atoms with Crippen molar-refractivity contribution in [2.75, 3.05) is 27.9 Å². The van der Waals surface area contributed by atoms with Crippen molar-refractivity contribution in [3.8, 4) is 0 Å². The molecule has 4 amide bonds. The molecule has 10 heteroatoms. The molecule has 0 aliphatic carbocycles. The second-order valence-corrected chi connectivity index (χ2v) is 14.7. The molecule has 10 nitrogen and oxygen atoms in total. The predicted molar refractivity (Wildman–Crippen MR) is 207 cm³/mol. The fourth-order valence-corrected chi connectivity index (χ4v) is 8.61. The Morgan fingerprint density at radius 1 is 0.815 bits per heavy atom. The van der Waals surface area contributed by atoms with Crippen LogP contribution in [0.2, 0.25) is 0 Å². The van der Waals surface area contributed by atoms with Gasteiger partial charge in [-0.1, -0.05) is 67.6 Å². The molecule has 4 aromatic rings. The third kappa shape index (κ3) is 6.09. The zero-order valence-corrected chi connectivity index (χ0v) is 30.4. The fourth-order valence-electron chi connectivity index (χ4n) is 8.61. The number of nitrogens with zero attached hydrogens (tertiary/aromatic N) is 4. The summed E-state index contributed by atoms with van der Waals surface area (Å²) in [5.41, 5.74) is 4.68. The van der Waals surface area contributed by atoms with E-state index in [1.54, 1.807) is 50.8 Å². The van der Waals surface area contributed by atoms with Gasteiger partial charge in [-0.05, 0) is 84.8 Å². The number of carbonyl (C=O) groups excluding carboxylic acids is 4. The van der Waals surface area contributed by atoms with E-state index in [4.69, 9.17) is 0 Å². The number of para-hydroxylation sites is 2. The molecule has 2 N–H and O–H groups in total. The molecular formula is C44H44N4O6. The van der Waals surface area contributed by atoms with Crippen LogP contribution in [0.4, 0.5) is 28.4 Å². The Morgan fingerprint density at radius 2 is 1.46 bits per heavy atom. The molecule has 0 bridgehead atoms. The van der Waals surface area contributed by atoms with Crippen LogP contribution in [0.15, 0.2) is 103 Å². The van der Waals surface area contributed by atoms with E-state index in [2.05, 4.69) is 0 Å². The predicted octanol–water partition coefficient (Wildman–Crippen LogP) is 6.21. The summed E-state index contributed by atoms with van der Waals surface area (Å²) in [5, 5.41) is 22.4. The number of fused-ring (bicyclic) bond motifs is 3. The highest BCUT2D eigenvalue weighted by molar-refractivity contribution is 6.09. The first-order chi connectivity index (χ1) is 26.2. The van der Waals surface area contributed by atoms with Crippen molar-refractivity contribution in [3.63, 3.8) is 0 Å². The lowest BCUT2D eigenvalue weighted by Crippen LogP contribution is -2.44. The Morgan fingerprint density at radius 3 is 2.13 bits per heavy atom. The number of benzene rings is 4. The largest absolute Gasteiger partial charge is 0.394 e. The first kappa shape index (κ1) is 35.4. The summed E-state index contributed by atoms with van der Waals surface area (Å²) < 4.78 is 0. The van der Waals surface area contributed by atoms with Crippen LogP contribution in [-0.4, -0.2) is 57.9 Å². The quantitative estimate of drug-likeness (QED) is 0.198. The molecule has 3 atom stereocenters. The number of aryl methyl sites for hydroxylation is 2. The maximum Gasteiger partial charge on any atom is 0.264 e. The smallest absolute Gasteiger partial charge is 0.264 e. The number of aliphatic hydroxyl groups excluding tert-OH is 1. The Kier molecular flexibility index (Phi) is 9.41. The van der Waals surface area contributed by atoms with E-state index in [9.17, 15) is 29.4 Å². The van der Waals surface area contributed by atoms with Gasteiger partial charge in [0.15, 0.2) is 5.60 Å². The van der Waals surface area contributed by atoms with Gasteiger partial charge >= 0.3 is 0 Å². The van der Waals surface area contributed by atoms with Crippen molar-refractivity contribution < 1.29 is 29.4 Å². The van der Waals surface area contributed by atoms with Gasteiger partial charge in [0.25, 0.3) is 5.91 Å². The second kappa shape index (κ2) is 14.3. The maximum absolute atomic E-state index is 14.7. The summed E-state index contributed by atoms with van der Waals surface area (Å²) in [4.78, 5) is 61.1. The minimum absolute atomic E-state index is 0.000103. The molecule has 0 spiro atoms. The van der Waals surface area contributed by atoms with Gasteiger partial charge in [0, 0.05) is 48.7 Å². The average molecular weight is 725 g/mol. The molecule has 0 saturated carbocycles. The molecule has 4 aromatic carbocycles. The summed E-state index contributed by atoms with van der Waals surface area (Å²) >= 11 is 0. The average Bonchev–Trinajstić information content (AvgIpc) is 3.76. The number of anilines is 5. The van der Waals surface area contributed by atoms with E-state index in [1.165, 1.54) is 0 Å². The minimum atomic E-state index is -2.01. The van der Waals surface area contributed by atoms with E-state index >= 15 is 0 Å². The number of aliphatic hydroxyl groups is 2. The summed E-state index contributed by atoms with van der Waals surface area (Å²) in [6.45, 7) is 2.40. The fraction of sp³-hybridized carbons (Fsp3) is 0.318. The molecule has 276 valence electrons.